The minimum absolute atomic E-state index is 0.162. The first-order chi connectivity index (χ1) is 6.72. The number of rotatable bonds is 3. The first-order valence-electron chi connectivity index (χ1n) is 3.85. The molecule has 4 nitrogen and oxygen atoms in total. The fourth-order valence-corrected chi connectivity index (χ4v) is 1.32. The number of hydrogen-bond acceptors (Lipinski definition) is 4. The maximum absolute atomic E-state index is 11.2. The van der Waals surface area contributed by atoms with Gasteiger partial charge in [0.05, 0.1) is 5.88 Å². The normalized spacial score (nSPS) is 9.86. The van der Waals surface area contributed by atoms with E-state index in [1.807, 2.05) is 0 Å². The minimum atomic E-state index is -0.162. The lowest BCUT2D eigenvalue weighted by Crippen LogP contribution is -2.22. The van der Waals surface area contributed by atoms with E-state index in [0.29, 0.717) is 16.6 Å². The molecular weight excluding hydrogens is 222 g/mol. The van der Waals surface area contributed by atoms with Crippen molar-refractivity contribution in [2.75, 3.05) is 11.2 Å². The van der Waals surface area contributed by atoms with Crippen LogP contribution in [0.5, 0.6) is 0 Å². The van der Waals surface area contributed by atoms with Gasteiger partial charge in [0.25, 0.3) is 5.24 Å². The van der Waals surface area contributed by atoms with Gasteiger partial charge in [-0.25, -0.2) is 5.43 Å². The average Bonchev–Trinajstić information content (AvgIpc) is 2.18. The molecule has 0 atom stereocenters. The van der Waals surface area contributed by atoms with Crippen molar-refractivity contribution in [2.24, 2.45) is 5.84 Å². The summed E-state index contributed by atoms with van der Waals surface area (Å²) in [5, 5.41) is 3.15. The zero-order valence-electron chi connectivity index (χ0n) is 7.29. The van der Waals surface area contributed by atoms with Gasteiger partial charge in [-0.1, -0.05) is 11.6 Å². The maximum Gasteiger partial charge on any atom is 0.284 e. The first kappa shape index (κ1) is 11.3. The van der Waals surface area contributed by atoms with Gasteiger partial charge in [0.15, 0.2) is 0 Å². The highest BCUT2D eigenvalue weighted by Gasteiger charge is 2.01. The third kappa shape index (κ3) is 3.97. The standard InChI is InChI=1S/C8H10ClN3OS/c9-6-1-3-7(4-2-6)12-8(13)14-5-11-10/h1-4,11H,5,10H2,(H,12,13). The molecule has 1 rings (SSSR count). The molecule has 0 radical (unpaired) electrons. The molecule has 0 fully saturated rings. The Morgan fingerprint density at radius 3 is 2.64 bits per heavy atom. The second kappa shape index (κ2) is 5.87. The lowest BCUT2D eigenvalue weighted by Gasteiger charge is -2.03. The zero-order chi connectivity index (χ0) is 10.4. The molecule has 14 heavy (non-hydrogen) atoms. The molecule has 0 aliphatic rings. The van der Waals surface area contributed by atoms with E-state index in [2.05, 4.69) is 10.7 Å². The quantitative estimate of drug-likeness (QED) is 0.423. The average molecular weight is 232 g/mol. The van der Waals surface area contributed by atoms with Crippen molar-refractivity contribution >= 4 is 34.3 Å². The van der Waals surface area contributed by atoms with Crippen molar-refractivity contribution in [1.82, 2.24) is 5.43 Å². The molecule has 0 unspecified atom stereocenters. The molecule has 0 aliphatic heterocycles. The highest BCUT2D eigenvalue weighted by Crippen LogP contribution is 2.15. The Labute approximate surface area is 91.2 Å². The van der Waals surface area contributed by atoms with E-state index in [4.69, 9.17) is 17.4 Å². The van der Waals surface area contributed by atoms with Gasteiger partial charge in [0, 0.05) is 10.7 Å². The van der Waals surface area contributed by atoms with Crippen LogP contribution in [0.3, 0.4) is 0 Å². The minimum Gasteiger partial charge on any atom is -0.317 e. The Morgan fingerprint density at radius 1 is 1.43 bits per heavy atom. The van der Waals surface area contributed by atoms with E-state index >= 15 is 0 Å². The van der Waals surface area contributed by atoms with Crippen molar-refractivity contribution in [2.45, 2.75) is 0 Å². The van der Waals surface area contributed by atoms with Gasteiger partial charge in [-0.3, -0.25) is 10.6 Å². The number of thioether (sulfide) groups is 1. The molecule has 4 N–H and O–H groups in total. The van der Waals surface area contributed by atoms with Crippen LogP contribution in [0, 0.1) is 0 Å². The molecule has 1 amide bonds. The third-order valence-corrected chi connectivity index (χ3v) is 2.30. The fourth-order valence-electron chi connectivity index (χ4n) is 0.794. The molecule has 76 valence electrons. The topological polar surface area (TPSA) is 67.1 Å². The highest BCUT2D eigenvalue weighted by molar-refractivity contribution is 8.13. The van der Waals surface area contributed by atoms with Gasteiger partial charge in [-0.15, -0.1) is 0 Å². The molecular formula is C8H10ClN3OS. The Morgan fingerprint density at radius 2 is 2.07 bits per heavy atom. The van der Waals surface area contributed by atoms with Crippen molar-refractivity contribution in [3.05, 3.63) is 29.3 Å². The van der Waals surface area contributed by atoms with Crippen LogP contribution in [0.1, 0.15) is 0 Å². The summed E-state index contributed by atoms with van der Waals surface area (Å²) in [6.45, 7) is 0. The number of hydrogen-bond donors (Lipinski definition) is 3. The van der Waals surface area contributed by atoms with Gasteiger partial charge in [-0.2, -0.15) is 0 Å². The number of carbonyl (C=O) groups excluding carboxylic acids is 1. The number of anilines is 1. The lowest BCUT2D eigenvalue weighted by atomic mass is 10.3. The van der Waals surface area contributed by atoms with Crippen molar-refractivity contribution in [3.63, 3.8) is 0 Å². The Balaban J connectivity index is 2.44. The highest BCUT2D eigenvalue weighted by atomic mass is 35.5. The van der Waals surface area contributed by atoms with E-state index in [9.17, 15) is 4.79 Å². The Bertz CT molecular complexity index is 304. The van der Waals surface area contributed by atoms with Gasteiger partial charge in [0.1, 0.15) is 0 Å². The van der Waals surface area contributed by atoms with Crippen LogP contribution < -0.4 is 16.6 Å². The molecule has 0 spiro atoms. The second-order valence-electron chi connectivity index (χ2n) is 2.41. The van der Waals surface area contributed by atoms with E-state index < -0.39 is 0 Å². The monoisotopic (exact) mass is 231 g/mol. The summed E-state index contributed by atoms with van der Waals surface area (Å²) >= 11 is 6.74. The number of nitrogens with one attached hydrogen (secondary N) is 2. The SMILES string of the molecule is NNCSC(=O)Nc1ccc(Cl)cc1. The number of amides is 1. The van der Waals surface area contributed by atoms with Crippen LogP contribution in [0.2, 0.25) is 5.02 Å². The fraction of sp³-hybridized carbons (Fsp3) is 0.125. The van der Waals surface area contributed by atoms with E-state index in [1.165, 1.54) is 0 Å². The molecule has 0 saturated carbocycles. The second-order valence-corrected chi connectivity index (χ2v) is 3.80. The van der Waals surface area contributed by atoms with Gasteiger partial charge in [0.2, 0.25) is 0 Å². The van der Waals surface area contributed by atoms with Crippen LogP contribution in [0.25, 0.3) is 0 Å². The van der Waals surface area contributed by atoms with E-state index in [0.717, 1.165) is 11.8 Å². The molecule has 0 heterocycles. The number of hydrazine groups is 1. The summed E-state index contributed by atoms with van der Waals surface area (Å²) in [5.74, 6) is 5.40. The van der Waals surface area contributed by atoms with Crippen molar-refractivity contribution in [3.8, 4) is 0 Å². The van der Waals surface area contributed by atoms with Crippen molar-refractivity contribution < 1.29 is 4.79 Å². The van der Waals surface area contributed by atoms with Gasteiger partial charge < -0.3 is 5.32 Å². The molecule has 6 heteroatoms. The summed E-state index contributed by atoms with van der Waals surface area (Å²) in [6, 6.07) is 6.89. The number of carbonyl (C=O) groups is 1. The molecule has 0 bridgehead atoms. The van der Waals surface area contributed by atoms with E-state index in [-0.39, 0.29) is 5.24 Å². The maximum atomic E-state index is 11.2. The summed E-state index contributed by atoms with van der Waals surface area (Å²) in [6.07, 6.45) is 0. The van der Waals surface area contributed by atoms with Crippen LogP contribution in [0.4, 0.5) is 10.5 Å². The summed E-state index contributed by atoms with van der Waals surface area (Å²) in [7, 11) is 0. The number of halogens is 1. The van der Waals surface area contributed by atoms with Crippen LogP contribution in [-0.2, 0) is 0 Å². The Hall–Kier alpha value is -0.750. The predicted octanol–water partition coefficient (Wildman–Crippen LogP) is 2.03. The largest absolute Gasteiger partial charge is 0.317 e. The predicted molar refractivity (Wildman–Crippen MR) is 60.3 cm³/mol. The summed E-state index contributed by atoms with van der Waals surface area (Å²) < 4.78 is 0. The Kier molecular flexibility index (Phi) is 4.75. The molecule has 0 saturated heterocycles. The van der Waals surface area contributed by atoms with E-state index in [1.54, 1.807) is 24.3 Å². The van der Waals surface area contributed by atoms with Crippen LogP contribution in [-0.4, -0.2) is 11.1 Å². The molecule has 0 aromatic heterocycles. The zero-order valence-corrected chi connectivity index (χ0v) is 8.86. The molecule has 1 aromatic rings. The summed E-state index contributed by atoms with van der Waals surface area (Å²) in [4.78, 5) is 11.2. The number of nitrogens with two attached hydrogens (primary N) is 1. The third-order valence-electron chi connectivity index (χ3n) is 1.38. The first-order valence-corrected chi connectivity index (χ1v) is 5.21. The van der Waals surface area contributed by atoms with Crippen molar-refractivity contribution in [1.29, 1.82) is 0 Å². The lowest BCUT2D eigenvalue weighted by molar-refractivity contribution is 0.269. The number of benzene rings is 1. The van der Waals surface area contributed by atoms with Crippen LogP contribution >= 0.6 is 23.4 Å². The van der Waals surface area contributed by atoms with Crippen LogP contribution in [0.15, 0.2) is 24.3 Å². The van der Waals surface area contributed by atoms with Gasteiger partial charge in [-0.05, 0) is 36.0 Å². The van der Waals surface area contributed by atoms with Gasteiger partial charge >= 0.3 is 0 Å². The summed E-state index contributed by atoms with van der Waals surface area (Å²) in [5.41, 5.74) is 3.09. The molecule has 0 aliphatic carbocycles. The molecule has 1 aromatic carbocycles. The smallest absolute Gasteiger partial charge is 0.284 e.